The third kappa shape index (κ3) is 4.32. The van der Waals surface area contributed by atoms with Gasteiger partial charge in [-0.2, -0.15) is 0 Å². The van der Waals surface area contributed by atoms with Gasteiger partial charge in [0, 0.05) is 24.0 Å². The molecule has 6 heteroatoms. The van der Waals surface area contributed by atoms with Gasteiger partial charge in [-0.1, -0.05) is 78.9 Å². The third-order valence-electron chi connectivity index (χ3n) is 7.81. The molecule has 0 saturated carbocycles. The number of alkyl carbamates (subject to hydrolysis) is 1. The van der Waals surface area contributed by atoms with Crippen LogP contribution in [0.3, 0.4) is 0 Å². The highest BCUT2D eigenvalue weighted by Crippen LogP contribution is 2.45. The first-order valence-electron chi connectivity index (χ1n) is 12.8. The average molecular weight is 483 g/mol. The second kappa shape index (κ2) is 9.69. The van der Waals surface area contributed by atoms with Crippen molar-refractivity contribution in [3.63, 3.8) is 0 Å². The number of ether oxygens (including phenoxy) is 2. The van der Waals surface area contributed by atoms with E-state index in [-0.39, 0.29) is 36.7 Å². The first-order valence-corrected chi connectivity index (χ1v) is 12.8. The molecule has 1 N–H and O–H groups in total. The number of benzene rings is 3. The summed E-state index contributed by atoms with van der Waals surface area (Å²) in [6.07, 6.45) is 2.67. The van der Waals surface area contributed by atoms with Crippen LogP contribution in [0.5, 0.6) is 0 Å². The summed E-state index contributed by atoms with van der Waals surface area (Å²) in [6, 6.07) is 26.5. The van der Waals surface area contributed by atoms with Crippen molar-refractivity contribution in [1.29, 1.82) is 0 Å². The number of rotatable bonds is 5. The van der Waals surface area contributed by atoms with Gasteiger partial charge in [-0.05, 0) is 53.5 Å². The predicted molar refractivity (Wildman–Crippen MR) is 137 cm³/mol. The Morgan fingerprint density at radius 3 is 2.00 bits per heavy atom. The Balaban J connectivity index is 1.05. The first kappa shape index (κ1) is 22.7. The summed E-state index contributed by atoms with van der Waals surface area (Å²) in [5.41, 5.74) is 5.83. The van der Waals surface area contributed by atoms with Crippen molar-refractivity contribution in [3.05, 3.63) is 95.6 Å². The van der Waals surface area contributed by atoms with Crippen molar-refractivity contribution in [2.75, 3.05) is 6.61 Å². The van der Waals surface area contributed by atoms with Crippen LogP contribution in [0.2, 0.25) is 0 Å². The summed E-state index contributed by atoms with van der Waals surface area (Å²) < 4.78 is 11.3. The summed E-state index contributed by atoms with van der Waals surface area (Å²) in [6.45, 7) is 0.578. The molecule has 2 fully saturated rings. The topological polar surface area (TPSA) is 67.9 Å². The van der Waals surface area contributed by atoms with Crippen molar-refractivity contribution in [2.45, 2.75) is 56.3 Å². The molecule has 2 amide bonds. The highest BCUT2D eigenvalue weighted by Gasteiger charge is 2.45. The largest absolute Gasteiger partial charge is 0.448 e. The van der Waals surface area contributed by atoms with Gasteiger partial charge in [-0.25, -0.2) is 9.59 Å². The molecule has 2 saturated heterocycles. The molecule has 3 aliphatic rings. The SMILES string of the molecule is O=C(NC1CC2CCC(C1)N2C(=O)OCC1c2ccccc2-c2ccccc21)OCc1ccccc1. The standard InChI is InChI=1S/C30H30N2O4/c33-29(35-18-20-8-2-1-3-9-20)31-21-16-22-14-15-23(17-21)32(22)30(34)36-19-28-26-12-6-4-10-24(26)25-11-5-7-13-27(25)28/h1-13,21-23,28H,14-19H2,(H,31,33). The van der Waals surface area contributed by atoms with E-state index in [9.17, 15) is 9.59 Å². The smallest absolute Gasteiger partial charge is 0.410 e. The first-order chi connectivity index (χ1) is 17.7. The molecular formula is C30H30N2O4. The molecule has 6 rings (SSSR count). The molecular weight excluding hydrogens is 452 g/mol. The summed E-state index contributed by atoms with van der Waals surface area (Å²) >= 11 is 0. The maximum absolute atomic E-state index is 13.2. The van der Waals surface area contributed by atoms with Gasteiger partial charge in [-0.15, -0.1) is 0 Å². The Morgan fingerprint density at radius 1 is 0.778 bits per heavy atom. The Kier molecular flexibility index (Phi) is 6.09. The Morgan fingerprint density at radius 2 is 1.36 bits per heavy atom. The molecule has 3 aromatic carbocycles. The Bertz CT molecular complexity index is 1200. The quantitative estimate of drug-likeness (QED) is 0.495. The average Bonchev–Trinajstić information content (AvgIpc) is 3.38. The lowest BCUT2D eigenvalue weighted by Crippen LogP contribution is -2.52. The van der Waals surface area contributed by atoms with Crippen LogP contribution in [0.1, 0.15) is 48.3 Å². The van der Waals surface area contributed by atoms with E-state index in [0.29, 0.717) is 6.61 Å². The molecule has 2 heterocycles. The second-order valence-electron chi connectivity index (χ2n) is 9.97. The van der Waals surface area contributed by atoms with E-state index < -0.39 is 6.09 Å². The fourth-order valence-corrected chi connectivity index (χ4v) is 6.19. The summed E-state index contributed by atoms with van der Waals surface area (Å²) in [5, 5.41) is 3.01. The second-order valence-corrected chi connectivity index (χ2v) is 9.97. The van der Waals surface area contributed by atoms with Gasteiger partial charge in [-0.3, -0.25) is 0 Å². The lowest BCUT2D eigenvalue weighted by Gasteiger charge is -2.38. The minimum atomic E-state index is -0.405. The zero-order chi connectivity index (χ0) is 24.5. The Hall–Kier alpha value is -3.80. The number of fused-ring (bicyclic) bond motifs is 5. The number of hydrogen-bond donors (Lipinski definition) is 1. The molecule has 2 unspecified atom stereocenters. The van der Waals surface area contributed by atoms with Gasteiger partial charge in [0.25, 0.3) is 0 Å². The summed E-state index contributed by atoms with van der Waals surface area (Å²) in [7, 11) is 0. The number of carbonyl (C=O) groups is 2. The number of carbonyl (C=O) groups excluding carboxylic acids is 2. The van der Waals surface area contributed by atoms with Crippen LogP contribution in [0.25, 0.3) is 11.1 Å². The number of amides is 2. The van der Waals surface area contributed by atoms with Crippen molar-refractivity contribution >= 4 is 12.2 Å². The molecule has 0 radical (unpaired) electrons. The van der Waals surface area contributed by atoms with Gasteiger partial charge in [0.15, 0.2) is 0 Å². The van der Waals surface area contributed by atoms with Gasteiger partial charge in [0.05, 0.1) is 0 Å². The van der Waals surface area contributed by atoms with Crippen LogP contribution >= 0.6 is 0 Å². The number of hydrogen-bond acceptors (Lipinski definition) is 4. The monoisotopic (exact) mass is 482 g/mol. The predicted octanol–water partition coefficient (Wildman–Crippen LogP) is 5.86. The zero-order valence-electron chi connectivity index (χ0n) is 20.1. The van der Waals surface area contributed by atoms with Crippen LogP contribution in [0.15, 0.2) is 78.9 Å². The van der Waals surface area contributed by atoms with E-state index in [1.54, 1.807) is 0 Å². The fraction of sp³-hybridized carbons (Fsp3) is 0.333. The van der Waals surface area contributed by atoms with Crippen LogP contribution < -0.4 is 5.32 Å². The van der Waals surface area contributed by atoms with E-state index in [1.165, 1.54) is 22.3 Å². The van der Waals surface area contributed by atoms with Crippen LogP contribution in [-0.2, 0) is 16.1 Å². The maximum Gasteiger partial charge on any atom is 0.410 e. The molecule has 0 spiro atoms. The fourth-order valence-electron chi connectivity index (χ4n) is 6.19. The maximum atomic E-state index is 13.2. The lowest BCUT2D eigenvalue weighted by atomic mass is 9.97. The molecule has 184 valence electrons. The van der Waals surface area contributed by atoms with Crippen molar-refractivity contribution in [2.24, 2.45) is 0 Å². The van der Waals surface area contributed by atoms with Gasteiger partial charge < -0.3 is 19.7 Å². The molecule has 0 aromatic heterocycles. The van der Waals surface area contributed by atoms with Gasteiger partial charge >= 0.3 is 12.2 Å². The van der Waals surface area contributed by atoms with Crippen molar-refractivity contribution in [1.82, 2.24) is 10.2 Å². The molecule has 2 bridgehead atoms. The molecule has 2 atom stereocenters. The number of nitrogens with zero attached hydrogens (tertiary/aromatic N) is 1. The van der Waals surface area contributed by atoms with E-state index in [4.69, 9.17) is 9.47 Å². The minimum absolute atomic E-state index is 0.00316. The van der Waals surface area contributed by atoms with E-state index in [2.05, 4.69) is 41.7 Å². The van der Waals surface area contributed by atoms with Gasteiger partial charge in [0.1, 0.15) is 13.2 Å². The van der Waals surface area contributed by atoms with Gasteiger partial charge in [0.2, 0.25) is 0 Å². The van der Waals surface area contributed by atoms with E-state index in [1.807, 2.05) is 47.4 Å². The molecule has 6 nitrogen and oxygen atoms in total. The van der Waals surface area contributed by atoms with E-state index >= 15 is 0 Å². The molecule has 3 aromatic rings. The number of piperidine rings is 1. The lowest BCUT2D eigenvalue weighted by molar-refractivity contribution is 0.0597. The summed E-state index contributed by atoms with van der Waals surface area (Å²) in [4.78, 5) is 27.5. The highest BCUT2D eigenvalue weighted by molar-refractivity contribution is 5.79. The van der Waals surface area contributed by atoms with Crippen LogP contribution in [0.4, 0.5) is 9.59 Å². The third-order valence-corrected chi connectivity index (χ3v) is 7.81. The number of nitrogens with one attached hydrogen (secondary N) is 1. The highest BCUT2D eigenvalue weighted by atomic mass is 16.6. The van der Waals surface area contributed by atoms with Crippen molar-refractivity contribution in [3.8, 4) is 11.1 Å². The van der Waals surface area contributed by atoms with Crippen molar-refractivity contribution < 1.29 is 19.1 Å². The molecule has 1 aliphatic carbocycles. The van der Waals surface area contributed by atoms with Crippen LogP contribution in [0, 0.1) is 0 Å². The summed E-state index contributed by atoms with van der Waals surface area (Å²) in [5.74, 6) is 0.0533. The molecule has 36 heavy (non-hydrogen) atoms. The Labute approximate surface area is 211 Å². The zero-order valence-corrected chi connectivity index (χ0v) is 20.1. The van der Waals surface area contributed by atoms with E-state index in [0.717, 1.165) is 31.2 Å². The normalized spacial score (nSPS) is 22.0. The van der Waals surface area contributed by atoms with Crippen LogP contribution in [-0.4, -0.2) is 41.8 Å². The minimum Gasteiger partial charge on any atom is -0.448 e. The molecule has 2 aliphatic heterocycles.